The normalized spacial score (nSPS) is 22.3. The van der Waals surface area contributed by atoms with Crippen molar-refractivity contribution in [2.75, 3.05) is 11.5 Å². The predicted molar refractivity (Wildman–Crippen MR) is 74.3 cm³/mol. The Balaban J connectivity index is 2.79. The molecular weight excluding hydrogens is 290 g/mol. The molecule has 1 rings (SSSR count). The van der Waals surface area contributed by atoms with Gasteiger partial charge in [0.05, 0.1) is 22.8 Å². The SMILES string of the molecule is CC(C)C(NS(=O)(=O)C1CCS(=O)(=O)CC1)C(=N)N. The van der Waals surface area contributed by atoms with Gasteiger partial charge in [-0.3, -0.25) is 5.41 Å². The van der Waals surface area contributed by atoms with Gasteiger partial charge in [-0.15, -0.1) is 0 Å². The van der Waals surface area contributed by atoms with Crippen molar-refractivity contribution in [1.29, 1.82) is 5.41 Å². The average molecular weight is 311 g/mol. The van der Waals surface area contributed by atoms with Gasteiger partial charge in [0.2, 0.25) is 10.0 Å². The van der Waals surface area contributed by atoms with Gasteiger partial charge in [-0.05, 0) is 18.8 Å². The van der Waals surface area contributed by atoms with E-state index in [0.29, 0.717) is 0 Å². The molecule has 1 heterocycles. The van der Waals surface area contributed by atoms with Crippen LogP contribution in [0.3, 0.4) is 0 Å². The molecule has 7 nitrogen and oxygen atoms in total. The fourth-order valence-electron chi connectivity index (χ4n) is 2.01. The third kappa shape index (κ3) is 4.43. The van der Waals surface area contributed by atoms with Gasteiger partial charge in [0.1, 0.15) is 15.7 Å². The van der Waals surface area contributed by atoms with Gasteiger partial charge in [-0.25, -0.2) is 21.6 Å². The molecule has 112 valence electrons. The van der Waals surface area contributed by atoms with Crippen LogP contribution in [0.1, 0.15) is 26.7 Å². The molecule has 0 radical (unpaired) electrons. The highest BCUT2D eigenvalue weighted by Crippen LogP contribution is 2.19. The first-order valence-corrected chi connectivity index (χ1v) is 9.47. The van der Waals surface area contributed by atoms with Crippen molar-refractivity contribution in [2.45, 2.75) is 38.0 Å². The first-order chi connectivity index (χ1) is 8.55. The Bertz CT molecular complexity index is 525. The molecule has 0 aromatic carbocycles. The molecule has 1 atom stereocenters. The van der Waals surface area contributed by atoms with Crippen LogP contribution in [0.4, 0.5) is 0 Å². The topological polar surface area (TPSA) is 130 Å². The summed E-state index contributed by atoms with van der Waals surface area (Å²) in [5.74, 6) is -0.586. The van der Waals surface area contributed by atoms with Crippen molar-refractivity contribution in [3.8, 4) is 0 Å². The average Bonchev–Trinajstić information content (AvgIpc) is 2.24. The Kier molecular flexibility index (Phi) is 4.97. The molecule has 1 fully saturated rings. The van der Waals surface area contributed by atoms with Gasteiger partial charge in [0, 0.05) is 0 Å². The van der Waals surface area contributed by atoms with Gasteiger partial charge in [0.25, 0.3) is 0 Å². The number of rotatable bonds is 5. The summed E-state index contributed by atoms with van der Waals surface area (Å²) in [5, 5.41) is 6.67. The first kappa shape index (κ1) is 16.4. The Labute approximate surface area is 114 Å². The highest BCUT2D eigenvalue weighted by molar-refractivity contribution is 7.92. The molecule has 1 aliphatic rings. The van der Waals surface area contributed by atoms with Crippen LogP contribution < -0.4 is 10.5 Å². The highest BCUT2D eigenvalue weighted by Gasteiger charge is 2.35. The Morgan fingerprint density at radius 2 is 1.79 bits per heavy atom. The molecule has 1 unspecified atom stereocenters. The summed E-state index contributed by atoms with van der Waals surface area (Å²) in [5.41, 5.74) is 5.38. The van der Waals surface area contributed by atoms with Crippen LogP contribution in [0.15, 0.2) is 0 Å². The monoisotopic (exact) mass is 311 g/mol. The minimum atomic E-state index is -3.66. The predicted octanol–water partition coefficient (Wildman–Crippen LogP) is -0.556. The van der Waals surface area contributed by atoms with E-state index in [4.69, 9.17) is 11.1 Å². The number of hydrogen-bond acceptors (Lipinski definition) is 5. The third-order valence-corrected chi connectivity index (χ3v) is 6.88. The van der Waals surface area contributed by atoms with E-state index in [1.165, 1.54) is 0 Å². The van der Waals surface area contributed by atoms with E-state index in [2.05, 4.69) is 4.72 Å². The van der Waals surface area contributed by atoms with Crippen LogP contribution in [0, 0.1) is 11.3 Å². The van der Waals surface area contributed by atoms with Crippen LogP contribution in [-0.2, 0) is 19.9 Å². The summed E-state index contributed by atoms with van der Waals surface area (Å²) < 4.78 is 49.3. The van der Waals surface area contributed by atoms with Crippen molar-refractivity contribution in [2.24, 2.45) is 11.7 Å². The number of sulfonamides is 1. The van der Waals surface area contributed by atoms with Crippen LogP contribution in [0.2, 0.25) is 0 Å². The molecular formula is C10H21N3O4S2. The minimum Gasteiger partial charge on any atom is -0.386 e. The molecule has 0 saturated carbocycles. The van der Waals surface area contributed by atoms with Crippen molar-refractivity contribution in [3.63, 3.8) is 0 Å². The second-order valence-corrected chi connectivity index (χ2v) is 9.49. The van der Waals surface area contributed by atoms with Crippen molar-refractivity contribution < 1.29 is 16.8 Å². The lowest BCUT2D eigenvalue weighted by Crippen LogP contribution is -2.51. The maximum atomic E-state index is 12.2. The van der Waals surface area contributed by atoms with Crippen LogP contribution in [-0.4, -0.2) is 45.5 Å². The Morgan fingerprint density at radius 3 is 2.16 bits per heavy atom. The molecule has 0 aliphatic carbocycles. The molecule has 0 aromatic heterocycles. The number of nitrogens with two attached hydrogens (primary N) is 1. The molecule has 0 spiro atoms. The van der Waals surface area contributed by atoms with Gasteiger partial charge in [0.15, 0.2) is 0 Å². The minimum absolute atomic E-state index is 0.0976. The van der Waals surface area contributed by atoms with E-state index in [-0.39, 0.29) is 36.1 Å². The van der Waals surface area contributed by atoms with Gasteiger partial charge in [-0.2, -0.15) is 0 Å². The standard InChI is InChI=1S/C10H21N3O4S2/c1-7(2)9(10(11)12)13-19(16,17)8-3-5-18(14,15)6-4-8/h7-9,13H,3-6H2,1-2H3,(H3,11,12). The lowest BCUT2D eigenvalue weighted by molar-refractivity contribution is 0.505. The van der Waals surface area contributed by atoms with Crippen LogP contribution in [0.5, 0.6) is 0 Å². The van der Waals surface area contributed by atoms with E-state index < -0.39 is 31.2 Å². The molecule has 0 amide bonds. The number of sulfone groups is 1. The molecule has 1 aliphatic heterocycles. The van der Waals surface area contributed by atoms with E-state index >= 15 is 0 Å². The quantitative estimate of drug-likeness (QED) is 0.463. The van der Waals surface area contributed by atoms with Crippen molar-refractivity contribution in [3.05, 3.63) is 0 Å². The molecule has 19 heavy (non-hydrogen) atoms. The Hall–Kier alpha value is -0.670. The zero-order valence-corrected chi connectivity index (χ0v) is 12.7. The smallest absolute Gasteiger partial charge is 0.215 e. The molecule has 4 N–H and O–H groups in total. The lowest BCUT2D eigenvalue weighted by Gasteiger charge is -2.26. The third-order valence-electron chi connectivity index (χ3n) is 3.23. The van der Waals surface area contributed by atoms with Crippen molar-refractivity contribution >= 4 is 25.7 Å². The molecule has 9 heteroatoms. The second-order valence-electron chi connectivity index (χ2n) is 5.19. The van der Waals surface area contributed by atoms with E-state index in [0.717, 1.165) is 0 Å². The van der Waals surface area contributed by atoms with E-state index in [9.17, 15) is 16.8 Å². The van der Waals surface area contributed by atoms with Gasteiger partial charge in [-0.1, -0.05) is 13.8 Å². The fraction of sp³-hybridized carbons (Fsp3) is 0.900. The van der Waals surface area contributed by atoms with Crippen molar-refractivity contribution in [1.82, 2.24) is 4.72 Å². The van der Waals surface area contributed by atoms with E-state index in [1.54, 1.807) is 13.8 Å². The number of hydrogen-bond donors (Lipinski definition) is 3. The van der Waals surface area contributed by atoms with Gasteiger partial charge >= 0.3 is 0 Å². The Morgan fingerprint density at radius 1 is 1.32 bits per heavy atom. The molecule has 0 bridgehead atoms. The van der Waals surface area contributed by atoms with Crippen LogP contribution >= 0.6 is 0 Å². The van der Waals surface area contributed by atoms with Gasteiger partial charge < -0.3 is 5.73 Å². The summed E-state index contributed by atoms with van der Waals surface area (Å²) in [7, 11) is -6.75. The second kappa shape index (κ2) is 5.76. The maximum absolute atomic E-state index is 12.2. The summed E-state index contributed by atoms with van der Waals surface area (Å²) in [6, 6.07) is -0.747. The number of amidine groups is 1. The summed E-state index contributed by atoms with van der Waals surface area (Å²) in [4.78, 5) is 0. The largest absolute Gasteiger partial charge is 0.386 e. The van der Waals surface area contributed by atoms with Crippen LogP contribution in [0.25, 0.3) is 0 Å². The molecule has 0 aromatic rings. The zero-order chi connectivity index (χ0) is 14.8. The zero-order valence-electron chi connectivity index (χ0n) is 11.1. The number of nitrogens with one attached hydrogen (secondary N) is 2. The highest BCUT2D eigenvalue weighted by atomic mass is 32.2. The lowest BCUT2D eigenvalue weighted by atomic mass is 10.1. The first-order valence-electron chi connectivity index (χ1n) is 6.10. The fourth-order valence-corrected chi connectivity index (χ4v) is 5.60. The molecule has 1 saturated heterocycles. The maximum Gasteiger partial charge on any atom is 0.215 e. The summed E-state index contributed by atoms with van der Waals surface area (Å²) in [6.07, 6.45) is 0.195. The summed E-state index contributed by atoms with van der Waals surface area (Å²) in [6.45, 7) is 3.53. The summed E-state index contributed by atoms with van der Waals surface area (Å²) >= 11 is 0. The van der Waals surface area contributed by atoms with E-state index in [1.807, 2.05) is 0 Å².